The number of aromatic nitrogens is 2. The monoisotopic (exact) mass is 304 g/mol. The third-order valence-corrected chi connectivity index (χ3v) is 3.76. The lowest BCUT2D eigenvalue weighted by Gasteiger charge is -2.20. The van der Waals surface area contributed by atoms with Crippen LogP contribution in [0, 0.1) is 13.8 Å². The van der Waals surface area contributed by atoms with Crippen molar-refractivity contribution in [2.75, 3.05) is 23.3 Å². The Kier molecular flexibility index (Phi) is 5.02. The minimum Gasteiger partial charge on any atom is -0.357 e. The van der Waals surface area contributed by atoms with Crippen LogP contribution in [0.3, 0.4) is 0 Å². The number of nitrogens with one attached hydrogen (secondary N) is 1. The van der Waals surface area contributed by atoms with Crippen LogP contribution >= 0.6 is 11.6 Å². The average molecular weight is 305 g/mol. The number of hydrogen-bond acceptors (Lipinski definition) is 4. The normalized spacial score (nSPS) is 10.5. The van der Waals surface area contributed by atoms with Gasteiger partial charge in [0.15, 0.2) is 0 Å². The summed E-state index contributed by atoms with van der Waals surface area (Å²) >= 11 is 6.15. The van der Waals surface area contributed by atoms with Gasteiger partial charge in [-0.3, -0.25) is 0 Å². The summed E-state index contributed by atoms with van der Waals surface area (Å²) in [6, 6.07) is 7.84. The summed E-state index contributed by atoms with van der Waals surface area (Å²) in [7, 11) is 0. The molecule has 0 aliphatic carbocycles. The molecule has 0 bridgehead atoms. The molecule has 4 nitrogen and oxygen atoms in total. The van der Waals surface area contributed by atoms with Crippen LogP contribution in [0.2, 0.25) is 5.02 Å². The van der Waals surface area contributed by atoms with Crippen LogP contribution in [0.25, 0.3) is 0 Å². The molecule has 5 heteroatoms. The highest BCUT2D eigenvalue weighted by Crippen LogP contribution is 2.23. The first kappa shape index (κ1) is 15.6. The maximum Gasteiger partial charge on any atom is 0.229 e. The second kappa shape index (κ2) is 6.76. The molecule has 0 radical (unpaired) electrons. The van der Waals surface area contributed by atoms with Crippen molar-refractivity contribution in [3.63, 3.8) is 0 Å². The Hall–Kier alpha value is -1.81. The van der Waals surface area contributed by atoms with Gasteiger partial charge in [-0.2, -0.15) is 4.98 Å². The molecule has 0 saturated carbocycles. The summed E-state index contributed by atoms with van der Waals surface area (Å²) in [6.07, 6.45) is 0. The van der Waals surface area contributed by atoms with E-state index in [0.717, 1.165) is 40.9 Å². The number of hydrogen-bond donors (Lipinski definition) is 1. The molecule has 0 fully saturated rings. The zero-order chi connectivity index (χ0) is 15.4. The van der Waals surface area contributed by atoms with Crippen molar-refractivity contribution in [1.82, 2.24) is 9.97 Å². The van der Waals surface area contributed by atoms with Gasteiger partial charge < -0.3 is 10.2 Å². The first-order valence-electron chi connectivity index (χ1n) is 7.17. The molecular formula is C16H21ClN4. The topological polar surface area (TPSA) is 41.1 Å². The van der Waals surface area contributed by atoms with Gasteiger partial charge in [0.05, 0.1) is 0 Å². The summed E-state index contributed by atoms with van der Waals surface area (Å²) in [4.78, 5) is 11.2. The van der Waals surface area contributed by atoms with Gasteiger partial charge in [0, 0.05) is 35.6 Å². The van der Waals surface area contributed by atoms with Gasteiger partial charge in [0.2, 0.25) is 5.95 Å². The maximum atomic E-state index is 6.15. The molecule has 0 unspecified atom stereocenters. The van der Waals surface area contributed by atoms with Crippen molar-refractivity contribution >= 4 is 29.1 Å². The summed E-state index contributed by atoms with van der Waals surface area (Å²) in [5, 5.41) is 3.96. The number of nitrogens with zero attached hydrogens (tertiary/aromatic N) is 3. The van der Waals surface area contributed by atoms with E-state index < -0.39 is 0 Å². The molecule has 2 aromatic rings. The van der Waals surface area contributed by atoms with Gasteiger partial charge in [0.25, 0.3) is 0 Å². The Morgan fingerprint density at radius 1 is 1.10 bits per heavy atom. The second-order valence-electron chi connectivity index (χ2n) is 4.95. The van der Waals surface area contributed by atoms with Gasteiger partial charge in [-0.1, -0.05) is 17.7 Å². The third kappa shape index (κ3) is 3.85. The lowest BCUT2D eigenvalue weighted by atomic mass is 10.2. The van der Waals surface area contributed by atoms with E-state index in [-0.39, 0.29) is 0 Å². The molecule has 112 valence electrons. The predicted molar refractivity (Wildman–Crippen MR) is 89.8 cm³/mol. The molecular weight excluding hydrogens is 284 g/mol. The van der Waals surface area contributed by atoms with Crippen LogP contribution in [-0.2, 0) is 0 Å². The minimum absolute atomic E-state index is 0.594. The van der Waals surface area contributed by atoms with Gasteiger partial charge in [-0.15, -0.1) is 0 Å². The molecule has 0 amide bonds. The van der Waals surface area contributed by atoms with Crippen molar-refractivity contribution in [2.45, 2.75) is 27.7 Å². The Morgan fingerprint density at radius 3 is 2.43 bits per heavy atom. The van der Waals surface area contributed by atoms with E-state index in [1.807, 2.05) is 38.1 Å². The fraction of sp³-hybridized carbons (Fsp3) is 0.375. The van der Waals surface area contributed by atoms with Crippen LogP contribution < -0.4 is 10.2 Å². The first-order valence-corrected chi connectivity index (χ1v) is 7.55. The van der Waals surface area contributed by atoms with Crippen LogP contribution in [0.5, 0.6) is 0 Å². The number of benzene rings is 1. The lowest BCUT2D eigenvalue weighted by molar-refractivity contribution is 0.840. The summed E-state index contributed by atoms with van der Waals surface area (Å²) in [5.41, 5.74) is 2.88. The number of halogens is 1. The van der Waals surface area contributed by atoms with Crippen molar-refractivity contribution in [3.8, 4) is 0 Å². The highest BCUT2D eigenvalue weighted by Gasteiger charge is 2.08. The lowest BCUT2D eigenvalue weighted by Crippen LogP contribution is -2.23. The Labute approximate surface area is 131 Å². The van der Waals surface area contributed by atoms with E-state index in [0.29, 0.717) is 5.95 Å². The largest absolute Gasteiger partial charge is 0.357 e. The molecule has 0 spiro atoms. The quantitative estimate of drug-likeness (QED) is 0.892. The highest BCUT2D eigenvalue weighted by molar-refractivity contribution is 6.31. The summed E-state index contributed by atoms with van der Waals surface area (Å²) in [6.45, 7) is 10.0. The predicted octanol–water partition coefficient (Wildman–Crippen LogP) is 4.34. The minimum atomic E-state index is 0.594. The smallest absolute Gasteiger partial charge is 0.229 e. The molecule has 21 heavy (non-hydrogen) atoms. The second-order valence-corrected chi connectivity index (χ2v) is 5.36. The van der Waals surface area contributed by atoms with E-state index in [1.165, 1.54) is 0 Å². The zero-order valence-corrected chi connectivity index (χ0v) is 13.7. The van der Waals surface area contributed by atoms with Crippen LogP contribution in [0.4, 0.5) is 17.5 Å². The van der Waals surface area contributed by atoms with Gasteiger partial charge in [-0.25, -0.2) is 4.98 Å². The maximum absolute atomic E-state index is 6.15. The van der Waals surface area contributed by atoms with Gasteiger partial charge in [-0.05, 0) is 45.4 Å². The molecule has 0 aliphatic rings. The standard InChI is InChI=1S/C16H21ClN4/c1-5-21(6-2)15-9-12(4)18-16(20-15)19-13-8-7-11(3)14(17)10-13/h7-10H,5-6H2,1-4H3,(H,18,19,20). The molecule has 0 saturated heterocycles. The fourth-order valence-electron chi connectivity index (χ4n) is 2.12. The van der Waals surface area contributed by atoms with Gasteiger partial charge >= 0.3 is 0 Å². The molecule has 1 aromatic carbocycles. The number of rotatable bonds is 5. The number of aryl methyl sites for hydroxylation is 2. The molecule has 1 N–H and O–H groups in total. The Bertz CT molecular complexity index is 624. The van der Waals surface area contributed by atoms with E-state index in [2.05, 4.69) is 34.0 Å². The Morgan fingerprint density at radius 2 is 1.81 bits per heavy atom. The molecule has 0 atom stereocenters. The average Bonchev–Trinajstić information content (AvgIpc) is 2.44. The molecule has 2 rings (SSSR count). The first-order chi connectivity index (χ1) is 10.0. The van der Waals surface area contributed by atoms with Crippen LogP contribution in [0.15, 0.2) is 24.3 Å². The number of anilines is 3. The van der Waals surface area contributed by atoms with Crippen molar-refractivity contribution in [3.05, 3.63) is 40.5 Å². The zero-order valence-electron chi connectivity index (χ0n) is 12.9. The van der Waals surface area contributed by atoms with Crippen molar-refractivity contribution < 1.29 is 0 Å². The van der Waals surface area contributed by atoms with Gasteiger partial charge in [0.1, 0.15) is 5.82 Å². The molecule has 1 heterocycles. The van der Waals surface area contributed by atoms with Crippen LogP contribution in [-0.4, -0.2) is 23.1 Å². The SMILES string of the molecule is CCN(CC)c1cc(C)nc(Nc2ccc(C)c(Cl)c2)n1. The van der Waals surface area contributed by atoms with Crippen LogP contribution in [0.1, 0.15) is 25.1 Å². The highest BCUT2D eigenvalue weighted by atomic mass is 35.5. The Balaban J connectivity index is 2.29. The third-order valence-electron chi connectivity index (χ3n) is 3.36. The molecule has 1 aromatic heterocycles. The van der Waals surface area contributed by atoms with E-state index in [9.17, 15) is 0 Å². The van der Waals surface area contributed by atoms with E-state index in [1.54, 1.807) is 0 Å². The fourth-order valence-corrected chi connectivity index (χ4v) is 2.30. The summed E-state index contributed by atoms with van der Waals surface area (Å²) < 4.78 is 0. The van der Waals surface area contributed by atoms with Crippen molar-refractivity contribution in [1.29, 1.82) is 0 Å². The molecule has 0 aliphatic heterocycles. The summed E-state index contributed by atoms with van der Waals surface area (Å²) in [5.74, 6) is 1.53. The van der Waals surface area contributed by atoms with E-state index >= 15 is 0 Å². The van der Waals surface area contributed by atoms with E-state index in [4.69, 9.17) is 11.6 Å². The van der Waals surface area contributed by atoms with Crippen molar-refractivity contribution in [2.24, 2.45) is 0 Å².